The molecule has 0 saturated heterocycles. The molecule has 2 atom stereocenters. The lowest BCUT2D eigenvalue weighted by Crippen LogP contribution is -2.04. The van der Waals surface area contributed by atoms with Gasteiger partial charge in [-0.2, -0.15) is 0 Å². The third-order valence-electron chi connectivity index (χ3n) is 3.92. The van der Waals surface area contributed by atoms with E-state index < -0.39 is 0 Å². The third-order valence-corrected chi connectivity index (χ3v) is 3.92. The first kappa shape index (κ1) is 15.7. The second kappa shape index (κ2) is 7.34. The summed E-state index contributed by atoms with van der Waals surface area (Å²) in [6.07, 6.45) is 3.89. The highest BCUT2D eigenvalue weighted by Gasteiger charge is 2.43. The number of ether oxygens (including phenoxy) is 3. The number of carbonyl (C=O) groups is 1. The van der Waals surface area contributed by atoms with Crippen LogP contribution in [0.15, 0.2) is 18.2 Å². The third kappa shape index (κ3) is 4.13. The Hall–Kier alpha value is -1.71. The number of rotatable bonds is 8. The largest absolute Gasteiger partial charge is 0.493 e. The van der Waals surface area contributed by atoms with Gasteiger partial charge in [-0.1, -0.05) is 13.0 Å². The lowest BCUT2D eigenvalue weighted by molar-refractivity contribution is -0.142. The van der Waals surface area contributed by atoms with Crippen molar-refractivity contribution < 1.29 is 19.0 Å². The summed E-state index contributed by atoms with van der Waals surface area (Å²) in [4.78, 5) is 11.4. The topological polar surface area (TPSA) is 44.8 Å². The van der Waals surface area contributed by atoms with E-state index in [1.54, 1.807) is 7.11 Å². The minimum absolute atomic E-state index is 0.0686. The van der Waals surface area contributed by atoms with Crippen LogP contribution >= 0.6 is 0 Å². The summed E-state index contributed by atoms with van der Waals surface area (Å²) < 4.78 is 15.8. The molecule has 0 amide bonds. The molecular weight excluding hydrogens is 268 g/mol. The van der Waals surface area contributed by atoms with Gasteiger partial charge in [0.2, 0.25) is 0 Å². The molecule has 0 radical (unpaired) electrons. The molecule has 1 aromatic carbocycles. The minimum atomic E-state index is -0.0686. The van der Waals surface area contributed by atoms with Crippen molar-refractivity contribution in [1.29, 1.82) is 0 Å². The number of methoxy groups -OCH3 is 2. The van der Waals surface area contributed by atoms with E-state index in [0.717, 1.165) is 37.2 Å². The molecule has 2 unspecified atom stereocenters. The Morgan fingerprint density at radius 2 is 2.10 bits per heavy atom. The fraction of sp³-hybridized carbons (Fsp3) is 0.588. The molecular formula is C17H24O4. The zero-order chi connectivity index (χ0) is 15.2. The van der Waals surface area contributed by atoms with E-state index in [4.69, 9.17) is 14.2 Å². The van der Waals surface area contributed by atoms with Gasteiger partial charge in [0, 0.05) is 0 Å². The summed E-state index contributed by atoms with van der Waals surface area (Å²) in [6, 6.07) is 6.07. The van der Waals surface area contributed by atoms with Crippen LogP contribution in [0, 0.1) is 11.8 Å². The van der Waals surface area contributed by atoms with Crippen LogP contribution in [0.2, 0.25) is 0 Å². The van der Waals surface area contributed by atoms with Crippen LogP contribution in [0.1, 0.15) is 31.7 Å². The van der Waals surface area contributed by atoms with Crippen molar-refractivity contribution in [1.82, 2.24) is 0 Å². The Kier molecular flexibility index (Phi) is 5.48. The maximum atomic E-state index is 11.4. The lowest BCUT2D eigenvalue weighted by atomic mass is 10.1. The highest BCUT2D eigenvalue weighted by Crippen LogP contribution is 2.43. The molecule has 0 aromatic heterocycles. The Balaban J connectivity index is 1.88. The van der Waals surface area contributed by atoms with E-state index in [1.807, 2.05) is 12.1 Å². The van der Waals surface area contributed by atoms with Gasteiger partial charge in [0.25, 0.3) is 0 Å². The SMILES string of the molecule is CCCOc1ccc(CCC2CC2C(=O)OC)cc1OC. The lowest BCUT2D eigenvalue weighted by Gasteiger charge is -2.11. The van der Waals surface area contributed by atoms with Crippen molar-refractivity contribution in [3.63, 3.8) is 0 Å². The summed E-state index contributed by atoms with van der Waals surface area (Å²) in [5, 5.41) is 0. The highest BCUT2D eigenvalue weighted by molar-refractivity contribution is 5.75. The van der Waals surface area contributed by atoms with E-state index in [0.29, 0.717) is 12.5 Å². The highest BCUT2D eigenvalue weighted by atomic mass is 16.5. The van der Waals surface area contributed by atoms with E-state index in [9.17, 15) is 4.79 Å². The molecule has 4 heteroatoms. The molecule has 0 N–H and O–H groups in total. The van der Waals surface area contributed by atoms with Gasteiger partial charge in [-0.05, 0) is 49.3 Å². The fourth-order valence-electron chi connectivity index (χ4n) is 2.56. The van der Waals surface area contributed by atoms with Crippen LogP contribution in [0.25, 0.3) is 0 Å². The minimum Gasteiger partial charge on any atom is -0.493 e. The van der Waals surface area contributed by atoms with Crippen LogP contribution in [0.4, 0.5) is 0 Å². The van der Waals surface area contributed by atoms with Gasteiger partial charge in [0.1, 0.15) is 0 Å². The van der Waals surface area contributed by atoms with E-state index in [-0.39, 0.29) is 11.9 Å². The van der Waals surface area contributed by atoms with Crippen LogP contribution in [-0.4, -0.2) is 26.8 Å². The van der Waals surface area contributed by atoms with E-state index in [2.05, 4.69) is 13.0 Å². The Bertz CT molecular complexity index is 484. The predicted octanol–water partition coefficient (Wildman–Crippen LogP) is 3.23. The molecule has 0 aliphatic heterocycles. The monoisotopic (exact) mass is 292 g/mol. The molecule has 1 aliphatic rings. The molecule has 1 aliphatic carbocycles. The molecule has 0 bridgehead atoms. The Morgan fingerprint density at radius 3 is 2.76 bits per heavy atom. The van der Waals surface area contributed by atoms with Crippen molar-refractivity contribution >= 4 is 5.97 Å². The maximum absolute atomic E-state index is 11.4. The first-order valence-corrected chi connectivity index (χ1v) is 7.57. The summed E-state index contributed by atoms with van der Waals surface area (Å²) >= 11 is 0. The number of carbonyl (C=O) groups excluding carboxylic acids is 1. The standard InChI is InChI=1S/C17H24O4/c1-4-9-21-15-8-6-12(10-16(15)19-2)5-7-13-11-14(13)17(18)20-3/h6,8,10,13-14H,4-5,7,9,11H2,1-3H3. The van der Waals surface area contributed by atoms with Crippen molar-refractivity contribution in [2.75, 3.05) is 20.8 Å². The fourth-order valence-corrected chi connectivity index (χ4v) is 2.56. The second-order valence-corrected chi connectivity index (χ2v) is 5.50. The van der Waals surface area contributed by atoms with Crippen molar-refractivity contribution in [2.24, 2.45) is 11.8 Å². The number of aryl methyl sites for hydroxylation is 1. The smallest absolute Gasteiger partial charge is 0.308 e. The van der Waals surface area contributed by atoms with Gasteiger partial charge in [-0.3, -0.25) is 4.79 Å². The predicted molar refractivity (Wildman–Crippen MR) is 80.7 cm³/mol. The van der Waals surface area contributed by atoms with Gasteiger partial charge in [-0.25, -0.2) is 0 Å². The zero-order valence-electron chi connectivity index (χ0n) is 13.1. The molecule has 2 rings (SSSR count). The number of hydrogen-bond donors (Lipinski definition) is 0. The first-order valence-electron chi connectivity index (χ1n) is 7.57. The van der Waals surface area contributed by atoms with Crippen molar-refractivity contribution in [2.45, 2.75) is 32.6 Å². The Morgan fingerprint density at radius 1 is 1.29 bits per heavy atom. The summed E-state index contributed by atoms with van der Waals surface area (Å²) in [6.45, 7) is 2.77. The van der Waals surface area contributed by atoms with Gasteiger partial charge in [0.15, 0.2) is 11.5 Å². The van der Waals surface area contributed by atoms with E-state index >= 15 is 0 Å². The van der Waals surface area contributed by atoms with Crippen LogP contribution < -0.4 is 9.47 Å². The second-order valence-electron chi connectivity index (χ2n) is 5.50. The van der Waals surface area contributed by atoms with Gasteiger partial charge in [0.05, 0.1) is 26.7 Å². The van der Waals surface area contributed by atoms with Crippen LogP contribution in [0.3, 0.4) is 0 Å². The molecule has 1 fully saturated rings. The molecule has 116 valence electrons. The summed E-state index contributed by atoms with van der Waals surface area (Å²) in [5.41, 5.74) is 1.21. The summed E-state index contributed by atoms with van der Waals surface area (Å²) in [5.74, 6) is 2.09. The van der Waals surface area contributed by atoms with Crippen LogP contribution in [0.5, 0.6) is 11.5 Å². The van der Waals surface area contributed by atoms with Gasteiger partial charge < -0.3 is 14.2 Å². The molecule has 0 spiro atoms. The number of esters is 1. The molecule has 4 nitrogen and oxygen atoms in total. The first-order chi connectivity index (χ1) is 10.2. The zero-order valence-corrected chi connectivity index (χ0v) is 13.1. The van der Waals surface area contributed by atoms with E-state index in [1.165, 1.54) is 12.7 Å². The van der Waals surface area contributed by atoms with Crippen LogP contribution in [-0.2, 0) is 16.0 Å². The number of hydrogen-bond acceptors (Lipinski definition) is 4. The maximum Gasteiger partial charge on any atom is 0.308 e. The molecule has 1 aromatic rings. The van der Waals surface area contributed by atoms with Gasteiger partial charge >= 0.3 is 5.97 Å². The van der Waals surface area contributed by atoms with Gasteiger partial charge in [-0.15, -0.1) is 0 Å². The molecule has 1 saturated carbocycles. The number of benzene rings is 1. The molecule has 0 heterocycles. The molecule has 21 heavy (non-hydrogen) atoms. The normalized spacial score (nSPS) is 20.0. The average molecular weight is 292 g/mol. The van der Waals surface area contributed by atoms with Crippen molar-refractivity contribution in [3.8, 4) is 11.5 Å². The summed E-state index contributed by atoms with van der Waals surface area (Å²) in [7, 11) is 3.11. The average Bonchev–Trinajstić information content (AvgIpc) is 3.30. The Labute approximate surface area is 126 Å². The quantitative estimate of drug-likeness (QED) is 0.690. The van der Waals surface area contributed by atoms with Crippen molar-refractivity contribution in [3.05, 3.63) is 23.8 Å².